The van der Waals surface area contributed by atoms with Gasteiger partial charge in [0.25, 0.3) is 11.9 Å². The molecule has 0 radical (unpaired) electrons. The standard InChI is InChI=1S/C19H13ClN2.C10H9N.C8H4Cl2N2.2C2H4O2.Pd/c20-19-18(21-16-10-3-4-11-17(16)22-19)12-14-8-5-7-13-6-1-2-9-15(13)14;11-10-7-3-5-8-4-1-2-6-9(8)10;9-7-8(10)12-6-4-2-1-3-5(6)11-7;2*1-2(3)4;/h1-11H,12H2;1-7H,11H2;1-4H;2*1H3,(H,3,4);. The summed E-state index contributed by atoms with van der Waals surface area (Å²) in [7, 11) is 0. The molecule has 278 valence electrons. The first-order chi connectivity index (χ1) is 25.4. The predicted molar refractivity (Wildman–Crippen MR) is 216 cm³/mol. The van der Waals surface area contributed by atoms with Crippen LogP contribution in [0.3, 0.4) is 0 Å². The molecule has 9 nitrogen and oxygen atoms in total. The van der Waals surface area contributed by atoms with Crippen molar-refractivity contribution >= 4 is 96.0 Å². The number of hydrogen-bond acceptors (Lipinski definition) is 7. The molecule has 8 rings (SSSR count). The Morgan fingerprint density at radius 2 is 0.870 bits per heavy atom. The monoisotopic (exact) mass is 871 g/mol. The number of para-hydroxylation sites is 4. The molecule has 0 aliphatic heterocycles. The van der Waals surface area contributed by atoms with Gasteiger partial charge >= 0.3 is 0 Å². The molecule has 0 saturated carbocycles. The molecule has 2 heterocycles. The number of fused-ring (bicyclic) bond motifs is 4. The summed E-state index contributed by atoms with van der Waals surface area (Å²) in [5, 5.41) is 20.6. The Kier molecular flexibility index (Phi) is 17.2. The molecule has 0 fully saturated rings. The second-order valence-electron chi connectivity index (χ2n) is 11.2. The van der Waals surface area contributed by atoms with Crippen LogP contribution in [0.15, 0.2) is 133 Å². The van der Waals surface area contributed by atoms with Crippen LogP contribution in [0.5, 0.6) is 0 Å². The maximum atomic E-state index is 9.00. The summed E-state index contributed by atoms with van der Waals surface area (Å²) in [5.74, 6) is -1.67. The quantitative estimate of drug-likeness (QED) is 0.114. The van der Waals surface area contributed by atoms with Crippen molar-refractivity contribution in [3.8, 4) is 0 Å². The third kappa shape index (κ3) is 13.0. The minimum atomic E-state index is -0.833. The predicted octanol–water partition coefficient (Wildman–Crippen LogP) is 10.6. The van der Waals surface area contributed by atoms with E-state index in [1.54, 1.807) is 0 Å². The molecule has 0 bridgehead atoms. The minimum absolute atomic E-state index is 0. The van der Waals surface area contributed by atoms with Crippen LogP contribution in [0.4, 0.5) is 5.69 Å². The van der Waals surface area contributed by atoms with Gasteiger partial charge in [-0.2, -0.15) is 0 Å². The van der Waals surface area contributed by atoms with Crippen molar-refractivity contribution in [3.05, 3.63) is 160 Å². The van der Waals surface area contributed by atoms with E-state index in [1.807, 2.05) is 78.9 Å². The smallest absolute Gasteiger partial charge is 0.300 e. The third-order valence-corrected chi connectivity index (χ3v) is 8.07. The van der Waals surface area contributed by atoms with Crippen molar-refractivity contribution in [2.24, 2.45) is 0 Å². The molecule has 0 spiro atoms. The van der Waals surface area contributed by atoms with E-state index < -0.39 is 11.9 Å². The first kappa shape index (κ1) is 43.2. The average Bonchev–Trinajstić information content (AvgIpc) is 3.13. The molecule has 0 saturated heterocycles. The van der Waals surface area contributed by atoms with E-state index in [0.29, 0.717) is 11.6 Å². The number of anilines is 1. The molecule has 6 aromatic carbocycles. The van der Waals surface area contributed by atoms with Crippen LogP contribution >= 0.6 is 34.8 Å². The zero-order valence-electron chi connectivity index (χ0n) is 28.9. The van der Waals surface area contributed by atoms with Gasteiger partial charge in [0.05, 0.1) is 27.8 Å². The van der Waals surface area contributed by atoms with Crippen molar-refractivity contribution in [1.82, 2.24) is 19.9 Å². The first-order valence-electron chi connectivity index (χ1n) is 16.0. The number of benzene rings is 6. The number of carboxylic acid groups (broad SMARTS) is 2. The fraction of sp³-hybridized carbons (Fsp3) is 0.0732. The van der Waals surface area contributed by atoms with Crippen molar-refractivity contribution in [2.45, 2.75) is 20.3 Å². The molecule has 0 unspecified atom stereocenters. The Labute approximate surface area is 340 Å². The third-order valence-electron chi connectivity index (χ3n) is 7.14. The van der Waals surface area contributed by atoms with E-state index in [1.165, 1.54) is 21.7 Å². The number of carboxylic acids is 2. The maximum Gasteiger partial charge on any atom is 0.300 e. The summed E-state index contributed by atoms with van der Waals surface area (Å²) in [6.07, 6.45) is 0.679. The van der Waals surface area contributed by atoms with Gasteiger partial charge < -0.3 is 15.9 Å². The Morgan fingerprint density at radius 3 is 1.35 bits per heavy atom. The van der Waals surface area contributed by atoms with Crippen molar-refractivity contribution < 1.29 is 40.2 Å². The fourth-order valence-electron chi connectivity index (χ4n) is 4.96. The summed E-state index contributed by atoms with van der Waals surface area (Å²) in [6.45, 7) is 2.17. The van der Waals surface area contributed by atoms with Crippen molar-refractivity contribution in [2.75, 3.05) is 5.73 Å². The minimum Gasteiger partial charge on any atom is -0.481 e. The fourth-order valence-corrected chi connectivity index (χ4v) is 5.43. The van der Waals surface area contributed by atoms with E-state index in [4.69, 9.17) is 60.3 Å². The van der Waals surface area contributed by atoms with Crippen LogP contribution in [0.25, 0.3) is 43.6 Å². The zero-order valence-corrected chi connectivity index (χ0v) is 32.8. The van der Waals surface area contributed by atoms with E-state index in [9.17, 15) is 0 Å². The number of nitrogen functional groups attached to an aromatic ring is 1. The summed E-state index contributed by atoms with van der Waals surface area (Å²) >= 11 is 17.7. The van der Waals surface area contributed by atoms with Crippen LogP contribution in [0, 0.1) is 0 Å². The number of hydrogen-bond donors (Lipinski definition) is 3. The molecule has 0 atom stereocenters. The van der Waals surface area contributed by atoms with Gasteiger partial charge in [-0.25, -0.2) is 19.9 Å². The average molecular weight is 874 g/mol. The molecule has 4 N–H and O–H groups in total. The van der Waals surface area contributed by atoms with Gasteiger partial charge in [-0.1, -0.05) is 138 Å². The van der Waals surface area contributed by atoms with Crippen LogP contribution in [-0.2, 0) is 36.4 Å². The van der Waals surface area contributed by atoms with Gasteiger partial charge in [0.2, 0.25) is 0 Å². The van der Waals surface area contributed by atoms with E-state index in [2.05, 4.69) is 74.5 Å². The largest absolute Gasteiger partial charge is 0.481 e. The second kappa shape index (κ2) is 21.5. The number of aromatic nitrogens is 4. The van der Waals surface area contributed by atoms with Crippen LogP contribution in [-0.4, -0.2) is 42.1 Å². The zero-order chi connectivity index (χ0) is 38.3. The molecule has 0 aliphatic rings. The number of nitrogens with two attached hydrogens (primary N) is 1. The molecule has 8 aromatic rings. The number of rotatable bonds is 2. The van der Waals surface area contributed by atoms with Gasteiger partial charge in [-0.05, 0) is 52.1 Å². The second-order valence-corrected chi connectivity index (χ2v) is 12.2. The van der Waals surface area contributed by atoms with Crippen molar-refractivity contribution in [1.29, 1.82) is 0 Å². The maximum absolute atomic E-state index is 9.00. The number of nitrogens with zero attached hydrogens (tertiary/aromatic N) is 4. The molecule has 0 amide bonds. The molecular formula is C41H34Cl3N5O4Pd. The number of aliphatic carboxylic acids is 2. The van der Waals surface area contributed by atoms with Gasteiger partial charge in [0.1, 0.15) is 0 Å². The molecular weight excluding hydrogens is 839 g/mol. The van der Waals surface area contributed by atoms with Crippen molar-refractivity contribution in [3.63, 3.8) is 0 Å². The number of carbonyl (C=O) groups is 2. The van der Waals surface area contributed by atoms with E-state index in [-0.39, 0.29) is 30.7 Å². The Balaban J connectivity index is 0.000000209. The molecule has 54 heavy (non-hydrogen) atoms. The summed E-state index contributed by atoms with van der Waals surface area (Å²) in [4.78, 5) is 35.2. The molecule has 0 aliphatic carbocycles. The summed E-state index contributed by atoms with van der Waals surface area (Å²) in [5.41, 5.74) is 11.9. The summed E-state index contributed by atoms with van der Waals surface area (Å²) in [6, 6.07) is 43.9. The SMILES string of the molecule is CC(=O)O.CC(=O)O.Clc1nc2ccccc2nc1Cc1cccc2ccccc12.Clc1nc2ccccc2nc1Cl.Nc1cccc2ccccc12.[Pd]. The topological polar surface area (TPSA) is 152 Å². The Bertz CT molecular complexity index is 2430. The first-order valence-corrected chi connectivity index (χ1v) is 17.1. The Morgan fingerprint density at radius 1 is 0.519 bits per heavy atom. The van der Waals surface area contributed by atoms with Crippen LogP contribution < -0.4 is 5.73 Å². The van der Waals surface area contributed by atoms with Gasteiger partial charge in [-0.15, -0.1) is 0 Å². The molecule has 2 aromatic heterocycles. The van der Waals surface area contributed by atoms with Crippen LogP contribution in [0.1, 0.15) is 25.1 Å². The van der Waals surface area contributed by atoms with Gasteiger partial charge in [-0.3, -0.25) is 9.59 Å². The van der Waals surface area contributed by atoms with Crippen LogP contribution in [0.2, 0.25) is 15.5 Å². The van der Waals surface area contributed by atoms with Gasteiger partial charge in [0.15, 0.2) is 15.5 Å². The summed E-state index contributed by atoms with van der Waals surface area (Å²) < 4.78 is 0. The molecule has 13 heteroatoms. The van der Waals surface area contributed by atoms with E-state index in [0.717, 1.165) is 52.7 Å². The Hall–Kier alpha value is -5.21. The number of halogens is 3. The van der Waals surface area contributed by atoms with Gasteiger partial charge in [0, 0.05) is 51.8 Å². The van der Waals surface area contributed by atoms with E-state index >= 15 is 0 Å². The normalized spacial score (nSPS) is 9.87.